The van der Waals surface area contributed by atoms with E-state index in [2.05, 4.69) is 5.32 Å². The molecule has 2 saturated heterocycles. The molecule has 22 heavy (non-hydrogen) atoms. The molecule has 2 amide bonds. The molecule has 0 radical (unpaired) electrons. The molecule has 5 nitrogen and oxygen atoms in total. The molecule has 0 aromatic carbocycles. The van der Waals surface area contributed by atoms with E-state index in [1.54, 1.807) is 0 Å². The van der Waals surface area contributed by atoms with E-state index in [0.717, 1.165) is 25.1 Å². The van der Waals surface area contributed by atoms with E-state index in [-0.39, 0.29) is 24.2 Å². The van der Waals surface area contributed by atoms with E-state index in [9.17, 15) is 9.59 Å². The van der Waals surface area contributed by atoms with Crippen molar-refractivity contribution in [3.8, 4) is 0 Å². The number of carbonyl (C=O) groups is 2. The van der Waals surface area contributed by atoms with Crippen molar-refractivity contribution in [2.45, 2.75) is 12.8 Å². The van der Waals surface area contributed by atoms with Gasteiger partial charge in [0.25, 0.3) is 5.91 Å². The lowest BCUT2D eigenvalue weighted by atomic mass is 10.0. The fourth-order valence-electron chi connectivity index (χ4n) is 2.99. The average Bonchev–Trinajstić information content (AvgIpc) is 3.20. The van der Waals surface area contributed by atoms with Crippen LogP contribution in [0.3, 0.4) is 0 Å². The zero-order valence-corrected chi connectivity index (χ0v) is 14.1. The lowest BCUT2D eigenvalue weighted by Gasteiger charge is -2.35. The molecule has 0 aliphatic carbocycles. The largest absolute Gasteiger partial charge is 0.339 e. The van der Waals surface area contributed by atoms with Crippen LogP contribution in [-0.4, -0.2) is 60.9 Å². The number of hydrogen-bond acceptors (Lipinski definition) is 4. The van der Waals surface area contributed by atoms with Crippen molar-refractivity contribution in [3.63, 3.8) is 0 Å². The maximum Gasteiger partial charge on any atom is 0.254 e. The summed E-state index contributed by atoms with van der Waals surface area (Å²) < 4.78 is 0. The Hall–Kier alpha value is -1.11. The molecule has 0 bridgehead atoms. The Kier molecular flexibility index (Phi) is 6.23. The van der Waals surface area contributed by atoms with E-state index in [0.29, 0.717) is 38.5 Å². The quantitative estimate of drug-likeness (QED) is 0.904. The van der Waals surface area contributed by atoms with Gasteiger partial charge in [0.05, 0.1) is 5.56 Å². The van der Waals surface area contributed by atoms with Crippen LogP contribution in [0.1, 0.15) is 23.2 Å². The van der Waals surface area contributed by atoms with Gasteiger partial charge in [-0.05, 0) is 36.9 Å². The number of nitrogens with one attached hydrogen (secondary N) is 1. The van der Waals surface area contributed by atoms with Gasteiger partial charge in [-0.2, -0.15) is 11.3 Å². The first-order chi connectivity index (χ1) is 10.2. The third-order valence-electron chi connectivity index (χ3n) is 4.31. The Morgan fingerprint density at radius 3 is 2.55 bits per heavy atom. The van der Waals surface area contributed by atoms with Crippen LogP contribution in [0.4, 0.5) is 0 Å². The zero-order valence-electron chi connectivity index (χ0n) is 12.5. The minimum atomic E-state index is 0. The molecule has 1 aromatic heterocycles. The SMILES string of the molecule is Cl.O=C(CC1CCNC1)N1CCN(C(=O)c2ccsc2)CC1. The van der Waals surface area contributed by atoms with Gasteiger partial charge in [-0.1, -0.05) is 0 Å². The summed E-state index contributed by atoms with van der Waals surface area (Å²) in [5.41, 5.74) is 0.761. The summed E-state index contributed by atoms with van der Waals surface area (Å²) in [5.74, 6) is 0.817. The van der Waals surface area contributed by atoms with Gasteiger partial charge < -0.3 is 15.1 Å². The highest BCUT2D eigenvalue weighted by atomic mass is 35.5. The lowest BCUT2D eigenvalue weighted by Crippen LogP contribution is -2.50. The smallest absolute Gasteiger partial charge is 0.254 e. The second kappa shape index (κ2) is 7.94. The Morgan fingerprint density at radius 1 is 1.23 bits per heavy atom. The van der Waals surface area contributed by atoms with Crippen molar-refractivity contribution >= 4 is 35.6 Å². The molecule has 2 aliphatic rings. The molecule has 0 saturated carbocycles. The van der Waals surface area contributed by atoms with Gasteiger partial charge in [0.1, 0.15) is 0 Å². The van der Waals surface area contributed by atoms with E-state index < -0.39 is 0 Å². The Bertz CT molecular complexity index is 495. The number of amides is 2. The second-order valence-corrected chi connectivity index (χ2v) is 6.53. The summed E-state index contributed by atoms with van der Waals surface area (Å²) in [6, 6.07) is 1.86. The summed E-state index contributed by atoms with van der Waals surface area (Å²) in [7, 11) is 0. The molecule has 7 heteroatoms. The number of thiophene rings is 1. The number of rotatable bonds is 3. The zero-order chi connectivity index (χ0) is 14.7. The van der Waals surface area contributed by atoms with Gasteiger partial charge in [0, 0.05) is 38.0 Å². The van der Waals surface area contributed by atoms with E-state index in [1.807, 2.05) is 26.6 Å². The van der Waals surface area contributed by atoms with Gasteiger partial charge in [-0.25, -0.2) is 0 Å². The van der Waals surface area contributed by atoms with Crippen molar-refractivity contribution in [1.29, 1.82) is 0 Å². The molecule has 1 unspecified atom stereocenters. The molecule has 0 spiro atoms. The highest BCUT2D eigenvalue weighted by Crippen LogP contribution is 2.16. The van der Waals surface area contributed by atoms with Crippen LogP contribution in [0, 0.1) is 5.92 Å². The van der Waals surface area contributed by atoms with Crippen molar-refractivity contribution in [1.82, 2.24) is 15.1 Å². The minimum Gasteiger partial charge on any atom is -0.339 e. The van der Waals surface area contributed by atoms with Gasteiger partial charge in [-0.3, -0.25) is 9.59 Å². The van der Waals surface area contributed by atoms with Crippen LogP contribution in [0.5, 0.6) is 0 Å². The molecule has 2 fully saturated rings. The van der Waals surface area contributed by atoms with Crippen LogP contribution >= 0.6 is 23.7 Å². The molecule has 122 valence electrons. The maximum atomic E-state index is 12.3. The van der Waals surface area contributed by atoms with Crippen LogP contribution in [0.15, 0.2) is 16.8 Å². The van der Waals surface area contributed by atoms with Crippen LogP contribution in [-0.2, 0) is 4.79 Å². The predicted octanol–water partition coefficient (Wildman–Crippen LogP) is 1.45. The van der Waals surface area contributed by atoms with Crippen molar-refractivity contribution in [2.75, 3.05) is 39.3 Å². The molecule has 1 N–H and O–H groups in total. The first-order valence-corrected chi connectivity index (χ1v) is 8.48. The summed E-state index contributed by atoms with van der Waals surface area (Å²) in [4.78, 5) is 28.3. The third kappa shape index (κ3) is 4.00. The molecule has 3 rings (SSSR count). The Balaban J connectivity index is 0.00000176. The van der Waals surface area contributed by atoms with Crippen LogP contribution in [0.2, 0.25) is 0 Å². The highest BCUT2D eigenvalue weighted by Gasteiger charge is 2.27. The van der Waals surface area contributed by atoms with Gasteiger partial charge >= 0.3 is 0 Å². The maximum absolute atomic E-state index is 12.3. The van der Waals surface area contributed by atoms with E-state index in [1.165, 1.54) is 11.3 Å². The van der Waals surface area contributed by atoms with Crippen LogP contribution in [0.25, 0.3) is 0 Å². The molecule has 1 aromatic rings. The number of piperazine rings is 1. The summed E-state index contributed by atoms with van der Waals surface area (Å²) >= 11 is 1.54. The van der Waals surface area contributed by atoms with E-state index >= 15 is 0 Å². The van der Waals surface area contributed by atoms with Gasteiger partial charge in [0.2, 0.25) is 5.91 Å². The first kappa shape index (κ1) is 17.2. The Labute approximate surface area is 141 Å². The molecular formula is C15H22ClN3O2S. The number of hydrogen-bond donors (Lipinski definition) is 1. The molecule has 1 atom stereocenters. The summed E-state index contributed by atoms with van der Waals surface area (Å²) in [6.45, 7) is 4.60. The second-order valence-electron chi connectivity index (χ2n) is 5.75. The number of carbonyl (C=O) groups excluding carboxylic acids is 2. The summed E-state index contributed by atoms with van der Waals surface area (Å²) in [6.07, 6.45) is 1.74. The van der Waals surface area contributed by atoms with Gasteiger partial charge in [0.15, 0.2) is 0 Å². The average molecular weight is 344 g/mol. The van der Waals surface area contributed by atoms with E-state index in [4.69, 9.17) is 0 Å². The normalized spacial score (nSPS) is 21.5. The number of nitrogens with zero attached hydrogens (tertiary/aromatic N) is 2. The lowest BCUT2D eigenvalue weighted by molar-refractivity contribution is -0.133. The highest BCUT2D eigenvalue weighted by molar-refractivity contribution is 7.08. The minimum absolute atomic E-state index is 0. The van der Waals surface area contributed by atoms with Crippen molar-refractivity contribution in [2.24, 2.45) is 5.92 Å². The van der Waals surface area contributed by atoms with Crippen LogP contribution < -0.4 is 5.32 Å². The predicted molar refractivity (Wildman–Crippen MR) is 89.6 cm³/mol. The molecule has 3 heterocycles. The van der Waals surface area contributed by atoms with Crippen molar-refractivity contribution < 1.29 is 9.59 Å². The fourth-order valence-corrected chi connectivity index (χ4v) is 3.62. The number of halogens is 1. The molecular weight excluding hydrogens is 322 g/mol. The van der Waals surface area contributed by atoms with Gasteiger partial charge in [-0.15, -0.1) is 12.4 Å². The Morgan fingerprint density at radius 2 is 1.95 bits per heavy atom. The standard InChI is InChI=1S/C15H21N3O2S.ClH/c19-14(9-12-1-3-16-10-12)17-4-6-18(7-5-17)15(20)13-2-8-21-11-13;/h2,8,11-12,16H,1,3-7,9-10H2;1H. The first-order valence-electron chi connectivity index (χ1n) is 7.54. The third-order valence-corrected chi connectivity index (χ3v) is 5.00. The summed E-state index contributed by atoms with van der Waals surface area (Å²) in [5, 5.41) is 7.10. The van der Waals surface area contributed by atoms with Crippen molar-refractivity contribution in [3.05, 3.63) is 22.4 Å². The fraction of sp³-hybridized carbons (Fsp3) is 0.600. The topological polar surface area (TPSA) is 52.7 Å². The molecule has 2 aliphatic heterocycles. The monoisotopic (exact) mass is 343 g/mol.